The van der Waals surface area contributed by atoms with Gasteiger partial charge in [0.15, 0.2) is 5.96 Å². The Labute approximate surface area is 168 Å². The summed E-state index contributed by atoms with van der Waals surface area (Å²) in [7, 11) is 0. The number of hydrogen-bond acceptors (Lipinski definition) is 3. The minimum Gasteiger partial charge on any atom is -0.357 e. The second-order valence-corrected chi connectivity index (χ2v) is 9.33. The Balaban J connectivity index is 2.09. The van der Waals surface area contributed by atoms with Crippen LogP contribution < -0.4 is 10.6 Å². The van der Waals surface area contributed by atoms with E-state index in [4.69, 9.17) is 4.99 Å². The highest BCUT2D eigenvalue weighted by atomic mass is 32.2. The summed E-state index contributed by atoms with van der Waals surface area (Å²) < 4.78 is 0. The average molecular weight is 391 g/mol. The lowest BCUT2D eigenvalue weighted by molar-refractivity contribution is 0.0919. The Kier molecular flexibility index (Phi) is 8.02. The molecular weight excluding hydrogens is 356 g/mol. The first-order chi connectivity index (χ1) is 12.8. The van der Waals surface area contributed by atoms with Crippen molar-refractivity contribution < 1.29 is 4.79 Å². The van der Waals surface area contributed by atoms with Crippen LogP contribution in [0.15, 0.2) is 29.3 Å². The smallest absolute Gasteiger partial charge is 0.251 e. The zero-order chi connectivity index (χ0) is 19.9. The minimum atomic E-state index is -0.244. The Morgan fingerprint density at radius 1 is 1.33 bits per heavy atom. The number of rotatable bonds is 5. The Hall–Kier alpha value is -1.69. The van der Waals surface area contributed by atoms with Crippen molar-refractivity contribution in [3.63, 3.8) is 0 Å². The lowest BCUT2D eigenvalue weighted by atomic mass is 10.1. The van der Waals surface area contributed by atoms with Gasteiger partial charge in [-0.15, -0.1) is 0 Å². The van der Waals surface area contributed by atoms with Gasteiger partial charge in [0.2, 0.25) is 0 Å². The van der Waals surface area contributed by atoms with E-state index in [0.717, 1.165) is 36.9 Å². The van der Waals surface area contributed by atoms with E-state index in [9.17, 15) is 4.79 Å². The van der Waals surface area contributed by atoms with Gasteiger partial charge in [0, 0.05) is 41.7 Å². The zero-order valence-electron chi connectivity index (χ0n) is 17.3. The Morgan fingerprint density at radius 2 is 2.11 bits per heavy atom. The van der Waals surface area contributed by atoms with Crippen molar-refractivity contribution in [1.82, 2.24) is 15.5 Å². The fourth-order valence-electron chi connectivity index (χ4n) is 2.97. The molecule has 1 aromatic rings. The number of carbonyl (C=O) groups excluding carboxylic acids is 1. The molecule has 0 radical (unpaired) electrons. The van der Waals surface area contributed by atoms with Crippen molar-refractivity contribution >= 4 is 23.6 Å². The number of nitrogens with one attached hydrogen (secondary N) is 2. The summed E-state index contributed by atoms with van der Waals surface area (Å²) in [5, 5.41) is 7.11. The van der Waals surface area contributed by atoms with Crippen molar-refractivity contribution in [2.24, 2.45) is 4.99 Å². The van der Waals surface area contributed by atoms with Crippen LogP contribution in [0.4, 0.5) is 0 Å². The maximum atomic E-state index is 12.4. The summed E-state index contributed by atoms with van der Waals surface area (Å²) in [6.07, 6.45) is 1.19. The molecule has 27 heavy (non-hydrogen) atoms. The van der Waals surface area contributed by atoms with Crippen LogP contribution in [0, 0.1) is 0 Å². The summed E-state index contributed by atoms with van der Waals surface area (Å²) in [5.74, 6) is 2.07. The summed E-state index contributed by atoms with van der Waals surface area (Å²) in [4.78, 5) is 19.6. The van der Waals surface area contributed by atoms with Crippen LogP contribution in [0.3, 0.4) is 0 Å². The highest BCUT2D eigenvalue weighted by molar-refractivity contribution is 8.00. The van der Waals surface area contributed by atoms with Gasteiger partial charge in [0.1, 0.15) is 0 Å². The summed E-state index contributed by atoms with van der Waals surface area (Å²) in [5.41, 5.74) is 1.49. The highest BCUT2D eigenvalue weighted by Crippen LogP contribution is 2.21. The molecule has 150 valence electrons. The lowest BCUT2D eigenvalue weighted by Crippen LogP contribution is -2.48. The summed E-state index contributed by atoms with van der Waals surface area (Å²) >= 11 is 2.06. The average Bonchev–Trinajstić information content (AvgIpc) is 2.64. The fourth-order valence-corrected chi connectivity index (χ4v) is 4.15. The largest absolute Gasteiger partial charge is 0.357 e. The molecule has 0 spiro atoms. The van der Waals surface area contributed by atoms with Crippen LogP contribution in [0.25, 0.3) is 0 Å². The summed E-state index contributed by atoms with van der Waals surface area (Å²) in [6, 6.07) is 7.75. The number of amides is 1. The third-order valence-corrected chi connectivity index (χ3v) is 5.69. The molecule has 1 aliphatic rings. The number of carbonyl (C=O) groups is 1. The van der Waals surface area contributed by atoms with Crippen LogP contribution in [-0.4, -0.2) is 52.9 Å². The predicted octanol–water partition coefficient (Wildman–Crippen LogP) is 3.51. The van der Waals surface area contributed by atoms with Gasteiger partial charge in [-0.25, -0.2) is 4.99 Å². The highest BCUT2D eigenvalue weighted by Gasteiger charge is 2.21. The monoisotopic (exact) mass is 390 g/mol. The predicted molar refractivity (Wildman–Crippen MR) is 117 cm³/mol. The van der Waals surface area contributed by atoms with Crippen LogP contribution in [0.2, 0.25) is 0 Å². The van der Waals surface area contributed by atoms with E-state index in [1.165, 1.54) is 6.42 Å². The number of aliphatic imine (C=N–C) groups is 1. The van der Waals surface area contributed by atoms with E-state index in [0.29, 0.717) is 17.4 Å². The number of thioether (sulfide) groups is 1. The van der Waals surface area contributed by atoms with Crippen LogP contribution in [-0.2, 0) is 6.54 Å². The number of nitrogens with zero attached hydrogens (tertiary/aromatic N) is 2. The normalized spacial score (nSPS) is 18.3. The van der Waals surface area contributed by atoms with Gasteiger partial charge in [0.25, 0.3) is 5.91 Å². The molecule has 5 nitrogen and oxygen atoms in total. The van der Waals surface area contributed by atoms with Gasteiger partial charge in [-0.1, -0.05) is 19.1 Å². The molecule has 6 heteroatoms. The quantitative estimate of drug-likeness (QED) is 0.597. The molecule has 1 aromatic carbocycles. The van der Waals surface area contributed by atoms with Crippen molar-refractivity contribution in [3.8, 4) is 0 Å². The molecule has 1 aliphatic heterocycles. The van der Waals surface area contributed by atoms with Crippen LogP contribution in [0.1, 0.15) is 57.0 Å². The van der Waals surface area contributed by atoms with Gasteiger partial charge >= 0.3 is 0 Å². The molecule has 1 atom stereocenters. The maximum absolute atomic E-state index is 12.4. The van der Waals surface area contributed by atoms with Crippen molar-refractivity contribution in [2.75, 3.05) is 25.4 Å². The first-order valence-corrected chi connectivity index (χ1v) is 10.9. The second-order valence-electron chi connectivity index (χ2n) is 7.92. The third kappa shape index (κ3) is 7.09. The van der Waals surface area contributed by atoms with Gasteiger partial charge in [-0.05, 0) is 51.8 Å². The second kappa shape index (κ2) is 10.0. The Morgan fingerprint density at radius 3 is 2.78 bits per heavy atom. The molecule has 2 rings (SSSR count). The topological polar surface area (TPSA) is 56.7 Å². The first-order valence-electron chi connectivity index (χ1n) is 9.88. The molecular formula is C21H34N4OS. The van der Waals surface area contributed by atoms with E-state index in [2.05, 4.69) is 41.1 Å². The standard InChI is InChI=1S/C21H34N4OS/c1-6-18-15-25(11-12-27-18)20(22-7-2)23-14-16-9-8-10-17(13-16)19(26)24-21(3,4)5/h8-10,13,18H,6-7,11-12,14-15H2,1-5H3,(H,22,23)(H,24,26). The molecule has 1 unspecified atom stereocenters. The van der Waals surface area contributed by atoms with E-state index in [-0.39, 0.29) is 11.4 Å². The van der Waals surface area contributed by atoms with E-state index in [1.807, 2.05) is 45.0 Å². The van der Waals surface area contributed by atoms with Gasteiger partial charge in [0.05, 0.1) is 6.54 Å². The van der Waals surface area contributed by atoms with E-state index in [1.54, 1.807) is 0 Å². The Bertz CT molecular complexity index is 654. The molecule has 2 N–H and O–H groups in total. The van der Waals surface area contributed by atoms with Crippen LogP contribution in [0.5, 0.6) is 0 Å². The molecule has 0 aromatic heterocycles. The molecule has 0 aliphatic carbocycles. The number of hydrogen-bond donors (Lipinski definition) is 2. The molecule has 1 heterocycles. The zero-order valence-corrected chi connectivity index (χ0v) is 18.2. The molecule has 1 fully saturated rings. The van der Waals surface area contributed by atoms with Gasteiger partial charge in [-0.3, -0.25) is 4.79 Å². The minimum absolute atomic E-state index is 0.0425. The van der Waals surface area contributed by atoms with Crippen LogP contribution >= 0.6 is 11.8 Å². The molecule has 1 amide bonds. The number of benzene rings is 1. The summed E-state index contributed by atoms with van der Waals surface area (Å²) in [6.45, 7) is 13.8. The lowest BCUT2D eigenvalue weighted by Gasteiger charge is -2.34. The van der Waals surface area contributed by atoms with Gasteiger partial charge in [-0.2, -0.15) is 11.8 Å². The maximum Gasteiger partial charge on any atom is 0.251 e. The third-order valence-electron chi connectivity index (χ3n) is 4.32. The van der Waals surface area contributed by atoms with Crippen molar-refractivity contribution in [2.45, 2.75) is 58.4 Å². The van der Waals surface area contributed by atoms with Gasteiger partial charge < -0.3 is 15.5 Å². The van der Waals surface area contributed by atoms with Crippen molar-refractivity contribution in [1.29, 1.82) is 0 Å². The first kappa shape index (κ1) is 21.6. The van der Waals surface area contributed by atoms with E-state index < -0.39 is 0 Å². The molecule has 0 saturated carbocycles. The molecule has 0 bridgehead atoms. The molecule has 1 saturated heterocycles. The SMILES string of the molecule is CCNC(=NCc1cccc(C(=O)NC(C)(C)C)c1)N1CCSC(CC)C1. The van der Waals surface area contributed by atoms with E-state index >= 15 is 0 Å². The number of guanidine groups is 1. The fraction of sp³-hybridized carbons (Fsp3) is 0.619. The van der Waals surface area contributed by atoms with Crippen molar-refractivity contribution in [3.05, 3.63) is 35.4 Å².